The summed E-state index contributed by atoms with van der Waals surface area (Å²) in [5.41, 5.74) is 1.06. The lowest BCUT2D eigenvalue weighted by Gasteiger charge is -2.01. The number of hydrogen-bond donors (Lipinski definition) is 1. The first-order valence-corrected chi connectivity index (χ1v) is 5.39. The third kappa shape index (κ3) is 1.53. The molecule has 3 aromatic rings. The molecule has 1 aromatic carbocycles. The van der Waals surface area contributed by atoms with E-state index in [9.17, 15) is 9.90 Å². The molecule has 0 atom stereocenters. The number of benzene rings is 1. The van der Waals surface area contributed by atoms with Gasteiger partial charge in [0.2, 0.25) is 0 Å². The fourth-order valence-corrected chi connectivity index (χ4v) is 1.96. The Kier molecular flexibility index (Phi) is 2.30. The Labute approximate surface area is 102 Å². The van der Waals surface area contributed by atoms with E-state index >= 15 is 0 Å². The Morgan fingerprint density at radius 1 is 1.17 bits per heavy atom. The lowest BCUT2D eigenvalue weighted by Crippen LogP contribution is -1.97. The predicted molar refractivity (Wildman–Crippen MR) is 65.8 cm³/mol. The number of nitrogens with zero attached hydrogens (tertiary/aromatic N) is 3. The van der Waals surface area contributed by atoms with Gasteiger partial charge in [-0.1, -0.05) is 18.2 Å². The Morgan fingerprint density at radius 3 is 2.72 bits per heavy atom. The summed E-state index contributed by atoms with van der Waals surface area (Å²) in [6.45, 7) is 0. The van der Waals surface area contributed by atoms with Crippen molar-refractivity contribution in [1.29, 1.82) is 0 Å². The van der Waals surface area contributed by atoms with Crippen molar-refractivity contribution >= 4 is 16.9 Å². The van der Waals surface area contributed by atoms with Gasteiger partial charge in [-0.2, -0.15) is 5.10 Å². The maximum Gasteiger partial charge on any atom is 0.337 e. The van der Waals surface area contributed by atoms with Crippen molar-refractivity contribution in [2.24, 2.45) is 0 Å². The summed E-state index contributed by atoms with van der Waals surface area (Å²) in [4.78, 5) is 11.2. The zero-order chi connectivity index (χ0) is 12.5. The molecule has 2 aromatic heterocycles. The minimum atomic E-state index is -0.950. The molecule has 5 heteroatoms. The molecular formula is C13H9N3O2. The fraction of sp³-hybridized carbons (Fsp3) is 0. The van der Waals surface area contributed by atoms with E-state index in [1.165, 1.54) is 0 Å². The summed E-state index contributed by atoms with van der Waals surface area (Å²) in [7, 11) is 0. The summed E-state index contributed by atoms with van der Waals surface area (Å²) in [6.07, 6.45) is 3.14. The first-order chi connectivity index (χ1) is 8.77. The topological polar surface area (TPSA) is 68.0 Å². The minimum absolute atomic E-state index is 0.260. The van der Waals surface area contributed by atoms with E-state index in [2.05, 4.69) is 10.2 Å². The molecule has 0 aliphatic rings. The molecule has 0 aliphatic heterocycles. The third-order valence-electron chi connectivity index (χ3n) is 2.75. The number of fused-ring (bicyclic) bond motifs is 1. The molecule has 0 fully saturated rings. The number of aromatic carboxylic acids is 1. The first kappa shape index (κ1) is 10.5. The van der Waals surface area contributed by atoms with Gasteiger partial charge in [0.05, 0.1) is 11.1 Å². The van der Waals surface area contributed by atoms with E-state index in [4.69, 9.17) is 0 Å². The molecular weight excluding hydrogens is 230 g/mol. The lowest BCUT2D eigenvalue weighted by atomic mass is 10.2. The quantitative estimate of drug-likeness (QED) is 0.743. The van der Waals surface area contributed by atoms with Crippen LogP contribution in [0.1, 0.15) is 10.4 Å². The first-order valence-electron chi connectivity index (χ1n) is 5.39. The van der Waals surface area contributed by atoms with Crippen molar-refractivity contribution in [3.05, 3.63) is 54.4 Å². The van der Waals surface area contributed by atoms with Crippen LogP contribution in [0.25, 0.3) is 16.7 Å². The molecule has 0 bridgehead atoms. The Hall–Kier alpha value is -2.69. The van der Waals surface area contributed by atoms with E-state index in [1.807, 2.05) is 18.2 Å². The van der Waals surface area contributed by atoms with Gasteiger partial charge in [0.1, 0.15) is 0 Å². The van der Waals surface area contributed by atoms with Gasteiger partial charge in [0.25, 0.3) is 0 Å². The van der Waals surface area contributed by atoms with Crippen LogP contribution in [0.15, 0.2) is 48.8 Å². The van der Waals surface area contributed by atoms with Crippen LogP contribution in [0.5, 0.6) is 0 Å². The fourth-order valence-electron chi connectivity index (χ4n) is 1.96. The maximum atomic E-state index is 11.2. The highest BCUT2D eigenvalue weighted by atomic mass is 16.4. The van der Waals surface area contributed by atoms with Crippen LogP contribution < -0.4 is 0 Å². The van der Waals surface area contributed by atoms with Gasteiger partial charge in [-0.3, -0.25) is 4.57 Å². The zero-order valence-corrected chi connectivity index (χ0v) is 9.32. The summed E-state index contributed by atoms with van der Waals surface area (Å²) in [5.74, 6) is -0.352. The number of carboxylic acid groups (broad SMARTS) is 1. The number of carboxylic acids is 1. The van der Waals surface area contributed by atoms with Crippen molar-refractivity contribution in [3.8, 4) is 5.82 Å². The number of hydrogen-bond acceptors (Lipinski definition) is 3. The van der Waals surface area contributed by atoms with Crippen LogP contribution in [0, 0.1) is 0 Å². The van der Waals surface area contributed by atoms with Crippen LogP contribution in [0.2, 0.25) is 0 Å². The minimum Gasteiger partial charge on any atom is -0.478 e. The van der Waals surface area contributed by atoms with Gasteiger partial charge >= 0.3 is 5.97 Å². The van der Waals surface area contributed by atoms with E-state index in [0.717, 1.165) is 5.52 Å². The average molecular weight is 239 g/mol. The summed E-state index contributed by atoms with van der Waals surface area (Å²) < 4.78 is 1.73. The van der Waals surface area contributed by atoms with Crippen LogP contribution in [0.3, 0.4) is 0 Å². The van der Waals surface area contributed by atoms with Gasteiger partial charge in [-0.05, 0) is 18.2 Å². The molecule has 0 spiro atoms. The van der Waals surface area contributed by atoms with Gasteiger partial charge in [0.15, 0.2) is 5.82 Å². The Balaban J connectivity index is 2.34. The van der Waals surface area contributed by atoms with Crippen molar-refractivity contribution < 1.29 is 9.90 Å². The number of para-hydroxylation sites is 1. The largest absolute Gasteiger partial charge is 0.478 e. The number of rotatable bonds is 2. The molecule has 88 valence electrons. The molecule has 0 amide bonds. The lowest BCUT2D eigenvalue weighted by molar-refractivity contribution is 0.0699. The molecule has 0 radical (unpaired) electrons. The molecule has 3 rings (SSSR count). The van der Waals surface area contributed by atoms with E-state index in [1.54, 1.807) is 35.2 Å². The summed E-state index contributed by atoms with van der Waals surface area (Å²) in [6, 6.07) is 10.9. The normalized spacial score (nSPS) is 10.7. The molecule has 0 saturated carbocycles. The molecule has 2 heterocycles. The van der Waals surface area contributed by atoms with Crippen LogP contribution >= 0.6 is 0 Å². The van der Waals surface area contributed by atoms with Crippen molar-refractivity contribution in [3.63, 3.8) is 0 Å². The third-order valence-corrected chi connectivity index (χ3v) is 2.75. The second-order valence-electron chi connectivity index (χ2n) is 3.82. The van der Waals surface area contributed by atoms with Crippen molar-refractivity contribution in [2.75, 3.05) is 0 Å². The van der Waals surface area contributed by atoms with Gasteiger partial charge in [0, 0.05) is 17.8 Å². The predicted octanol–water partition coefficient (Wildman–Crippen LogP) is 2.12. The Bertz CT molecular complexity index is 719. The second kappa shape index (κ2) is 3.96. The highest BCUT2D eigenvalue weighted by Crippen LogP contribution is 2.23. The number of aromatic nitrogens is 3. The van der Waals surface area contributed by atoms with Crippen molar-refractivity contribution in [1.82, 2.24) is 14.8 Å². The highest BCUT2D eigenvalue weighted by molar-refractivity contribution is 6.03. The van der Waals surface area contributed by atoms with Crippen LogP contribution in [0.4, 0.5) is 0 Å². The molecule has 1 N–H and O–H groups in total. The second-order valence-corrected chi connectivity index (χ2v) is 3.82. The van der Waals surface area contributed by atoms with Crippen LogP contribution in [-0.2, 0) is 0 Å². The SMILES string of the molecule is O=C(O)c1cn(-c2cccnn2)c2ccccc12. The Morgan fingerprint density at radius 2 is 2.00 bits per heavy atom. The molecule has 0 saturated heterocycles. The molecule has 0 aliphatic carbocycles. The number of carbonyl (C=O) groups is 1. The summed E-state index contributed by atoms with van der Waals surface area (Å²) >= 11 is 0. The van der Waals surface area contributed by atoms with E-state index < -0.39 is 5.97 Å². The average Bonchev–Trinajstić information content (AvgIpc) is 2.79. The standard InChI is InChI=1S/C13H9N3O2/c17-13(18)10-8-16(12-6-3-7-14-15-12)11-5-2-1-4-9(10)11/h1-8H,(H,17,18). The van der Waals surface area contributed by atoms with Gasteiger partial charge in [-0.15, -0.1) is 5.10 Å². The maximum absolute atomic E-state index is 11.2. The van der Waals surface area contributed by atoms with Gasteiger partial charge in [-0.25, -0.2) is 4.79 Å². The van der Waals surface area contributed by atoms with Crippen LogP contribution in [-0.4, -0.2) is 25.8 Å². The molecule has 5 nitrogen and oxygen atoms in total. The van der Waals surface area contributed by atoms with Crippen molar-refractivity contribution in [2.45, 2.75) is 0 Å². The monoisotopic (exact) mass is 239 g/mol. The van der Waals surface area contributed by atoms with E-state index in [-0.39, 0.29) is 5.56 Å². The molecule has 0 unspecified atom stereocenters. The van der Waals surface area contributed by atoms with Gasteiger partial charge < -0.3 is 5.11 Å². The highest BCUT2D eigenvalue weighted by Gasteiger charge is 2.14. The van der Waals surface area contributed by atoms with E-state index in [0.29, 0.717) is 11.2 Å². The zero-order valence-electron chi connectivity index (χ0n) is 9.32. The smallest absolute Gasteiger partial charge is 0.337 e. The summed E-state index contributed by atoms with van der Waals surface area (Å²) in [5, 5.41) is 17.7. The molecule has 18 heavy (non-hydrogen) atoms.